The summed E-state index contributed by atoms with van der Waals surface area (Å²) in [7, 11) is -3.58. The Hall–Kier alpha value is -3.11. The molecule has 170 valence electrons. The molecule has 0 aliphatic carbocycles. The molecule has 0 radical (unpaired) electrons. The second-order valence-electron chi connectivity index (χ2n) is 7.59. The van der Waals surface area contributed by atoms with Gasteiger partial charge in [0.1, 0.15) is 0 Å². The van der Waals surface area contributed by atoms with Crippen molar-refractivity contribution in [3.63, 3.8) is 0 Å². The summed E-state index contributed by atoms with van der Waals surface area (Å²) in [5, 5.41) is 2.66. The van der Waals surface area contributed by atoms with Crippen LogP contribution in [0.1, 0.15) is 36.5 Å². The van der Waals surface area contributed by atoms with Crippen molar-refractivity contribution in [2.75, 3.05) is 25.2 Å². The number of carbonyl (C=O) groups is 2. The minimum absolute atomic E-state index is 0.124. The molecule has 0 bridgehead atoms. The molecule has 1 amide bonds. The van der Waals surface area contributed by atoms with Gasteiger partial charge in [-0.25, -0.2) is 13.2 Å². The molecule has 2 heterocycles. The third-order valence-corrected chi connectivity index (χ3v) is 7.25. The number of esters is 1. The molecule has 0 aromatic heterocycles. The fourth-order valence-corrected chi connectivity index (χ4v) is 5.03. The van der Waals surface area contributed by atoms with Gasteiger partial charge in [-0.1, -0.05) is 6.42 Å². The van der Waals surface area contributed by atoms with E-state index in [0.717, 1.165) is 19.3 Å². The van der Waals surface area contributed by atoms with E-state index in [2.05, 4.69) is 5.32 Å². The van der Waals surface area contributed by atoms with Crippen molar-refractivity contribution >= 4 is 27.6 Å². The van der Waals surface area contributed by atoms with Crippen LogP contribution in [0.5, 0.6) is 11.5 Å². The number of sulfonamides is 1. The van der Waals surface area contributed by atoms with Crippen LogP contribution in [-0.2, 0) is 19.6 Å². The fraction of sp³-hybridized carbons (Fsp3) is 0.364. The number of benzene rings is 2. The summed E-state index contributed by atoms with van der Waals surface area (Å²) in [5.74, 6) is -0.123. The smallest absolute Gasteiger partial charge is 0.338 e. The van der Waals surface area contributed by atoms with Gasteiger partial charge in [0.05, 0.1) is 10.5 Å². The van der Waals surface area contributed by atoms with E-state index >= 15 is 0 Å². The molecule has 10 heteroatoms. The summed E-state index contributed by atoms with van der Waals surface area (Å²) in [6.45, 7) is 2.58. The third kappa shape index (κ3) is 4.71. The fourth-order valence-electron chi connectivity index (χ4n) is 3.52. The number of rotatable bonds is 6. The van der Waals surface area contributed by atoms with Crippen LogP contribution in [0.25, 0.3) is 0 Å². The number of piperidine rings is 1. The van der Waals surface area contributed by atoms with Gasteiger partial charge in [-0.15, -0.1) is 0 Å². The maximum atomic E-state index is 12.7. The molecule has 2 aromatic rings. The second kappa shape index (κ2) is 9.17. The lowest BCUT2D eigenvalue weighted by molar-refractivity contribution is -0.123. The highest BCUT2D eigenvalue weighted by molar-refractivity contribution is 7.89. The van der Waals surface area contributed by atoms with Gasteiger partial charge < -0.3 is 19.5 Å². The first kappa shape index (κ1) is 22.1. The molecule has 1 N–H and O–H groups in total. The van der Waals surface area contributed by atoms with Gasteiger partial charge in [-0.05, 0) is 56.2 Å². The summed E-state index contributed by atoms with van der Waals surface area (Å²) < 4.78 is 42.6. The summed E-state index contributed by atoms with van der Waals surface area (Å²) >= 11 is 0. The van der Waals surface area contributed by atoms with Crippen LogP contribution in [0.3, 0.4) is 0 Å². The quantitative estimate of drug-likeness (QED) is 0.660. The first-order chi connectivity index (χ1) is 15.3. The van der Waals surface area contributed by atoms with E-state index in [1.165, 1.54) is 35.5 Å². The average Bonchev–Trinajstić information content (AvgIpc) is 3.27. The standard InChI is InChI=1S/C22H24N2O7S/c1-15(21(25)23-17-7-10-19-20(13-17)30-14-29-19)31-22(26)16-5-8-18(9-6-16)32(27,28)24-11-3-2-4-12-24/h5-10,13,15H,2-4,11-12,14H2,1H3,(H,23,25)/t15-/m0/s1. The monoisotopic (exact) mass is 460 g/mol. The number of amides is 1. The molecule has 1 saturated heterocycles. The van der Waals surface area contributed by atoms with Crippen LogP contribution in [0.2, 0.25) is 0 Å². The van der Waals surface area contributed by atoms with Gasteiger partial charge in [-0.2, -0.15) is 4.31 Å². The van der Waals surface area contributed by atoms with Crippen molar-refractivity contribution in [1.82, 2.24) is 4.31 Å². The molecule has 0 saturated carbocycles. The van der Waals surface area contributed by atoms with Gasteiger partial charge in [0.25, 0.3) is 5.91 Å². The van der Waals surface area contributed by atoms with Crippen molar-refractivity contribution in [3.05, 3.63) is 48.0 Å². The molecule has 2 aromatic carbocycles. The highest BCUT2D eigenvalue weighted by atomic mass is 32.2. The van der Waals surface area contributed by atoms with Gasteiger partial charge >= 0.3 is 5.97 Å². The van der Waals surface area contributed by atoms with Crippen molar-refractivity contribution in [3.8, 4) is 11.5 Å². The molecule has 2 aliphatic rings. The van der Waals surface area contributed by atoms with Crippen molar-refractivity contribution < 1.29 is 32.2 Å². The lowest BCUT2D eigenvalue weighted by Gasteiger charge is -2.25. The van der Waals surface area contributed by atoms with Crippen LogP contribution in [0.15, 0.2) is 47.4 Å². The summed E-state index contributed by atoms with van der Waals surface area (Å²) in [5.41, 5.74) is 0.639. The number of hydrogen-bond donors (Lipinski definition) is 1. The maximum absolute atomic E-state index is 12.7. The zero-order chi connectivity index (χ0) is 22.7. The minimum Gasteiger partial charge on any atom is -0.454 e. The number of ether oxygens (including phenoxy) is 3. The molecule has 9 nitrogen and oxygen atoms in total. The molecule has 0 unspecified atom stereocenters. The van der Waals surface area contributed by atoms with Gasteiger partial charge in [0.2, 0.25) is 16.8 Å². The molecule has 1 atom stereocenters. The van der Waals surface area contributed by atoms with E-state index in [-0.39, 0.29) is 17.3 Å². The maximum Gasteiger partial charge on any atom is 0.338 e. The number of hydrogen-bond acceptors (Lipinski definition) is 7. The summed E-state index contributed by atoms with van der Waals surface area (Å²) in [6.07, 6.45) is 1.65. The first-order valence-corrected chi connectivity index (χ1v) is 11.8. The Morgan fingerprint density at radius 1 is 1.00 bits per heavy atom. The van der Waals surface area contributed by atoms with Crippen molar-refractivity contribution in [2.45, 2.75) is 37.2 Å². The zero-order valence-corrected chi connectivity index (χ0v) is 18.4. The Kier molecular flexibility index (Phi) is 6.33. The average molecular weight is 461 g/mol. The third-order valence-electron chi connectivity index (χ3n) is 5.34. The lowest BCUT2D eigenvalue weighted by atomic mass is 10.2. The topological polar surface area (TPSA) is 111 Å². The largest absolute Gasteiger partial charge is 0.454 e. The van der Waals surface area contributed by atoms with E-state index in [4.69, 9.17) is 14.2 Å². The number of fused-ring (bicyclic) bond motifs is 1. The van der Waals surface area contributed by atoms with E-state index in [1.807, 2.05) is 0 Å². The van der Waals surface area contributed by atoms with E-state index < -0.39 is 28.0 Å². The zero-order valence-electron chi connectivity index (χ0n) is 17.6. The van der Waals surface area contributed by atoms with Crippen LogP contribution in [0, 0.1) is 0 Å². The first-order valence-electron chi connectivity index (χ1n) is 10.4. The number of anilines is 1. The minimum atomic E-state index is -3.58. The van der Waals surface area contributed by atoms with Gasteiger partial charge in [0.15, 0.2) is 17.6 Å². The highest BCUT2D eigenvalue weighted by Gasteiger charge is 2.26. The number of nitrogens with one attached hydrogen (secondary N) is 1. The highest BCUT2D eigenvalue weighted by Crippen LogP contribution is 2.34. The predicted molar refractivity (Wildman–Crippen MR) is 115 cm³/mol. The Labute approximate surface area is 186 Å². The van der Waals surface area contributed by atoms with Crippen molar-refractivity contribution in [2.24, 2.45) is 0 Å². The molecule has 0 spiro atoms. The molecular formula is C22H24N2O7S. The molecule has 4 rings (SSSR count). The van der Waals surface area contributed by atoms with Crippen LogP contribution < -0.4 is 14.8 Å². The Balaban J connectivity index is 1.36. The van der Waals surface area contributed by atoms with Crippen LogP contribution in [-0.4, -0.2) is 50.6 Å². The number of carbonyl (C=O) groups excluding carboxylic acids is 2. The predicted octanol–water partition coefficient (Wildman–Crippen LogP) is 2.77. The van der Waals surface area contributed by atoms with Crippen LogP contribution in [0.4, 0.5) is 5.69 Å². The normalized spacial score (nSPS) is 16.9. The Bertz CT molecular complexity index is 1110. The lowest BCUT2D eigenvalue weighted by Crippen LogP contribution is -2.35. The molecule has 32 heavy (non-hydrogen) atoms. The Morgan fingerprint density at radius 3 is 2.41 bits per heavy atom. The van der Waals surface area contributed by atoms with E-state index in [0.29, 0.717) is 30.3 Å². The summed E-state index contributed by atoms with van der Waals surface area (Å²) in [4.78, 5) is 25.0. The molecular weight excluding hydrogens is 436 g/mol. The summed E-state index contributed by atoms with van der Waals surface area (Å²) in [6, 6.07) is 10.5. The SMILES string of the molecule is C[C@H](OC(=O)c1ccc(S(=O)(=O)N2CCCCC2)cc1)C(=O)Nc1ccc2c(c1)OCO2. The van der Waals surface area contributed by atoms with E-state index in [9.17, 15) is 18.0 Å². The second-order valence-corrected chi connectivity index (χ2v) is 9.53. The molecule has 2 aliphatic heterocycles. The molecule has 1 fully saturated rings. The van der Waals surface area contributed by atoms with Crippen LogP contribution >= 0.6 is 0 Å². The van der Waals surface area contributed by atoms with Gasteiger partial charge in [0, 0.05) is 24.8 Å². The van der Waals surface area contributed by atoms with Crippen molar-refractivity contribution in [1.29, 1.82) is 0 Å². The Morgan fingerprint density at radius 2 is 1.69 bits per heavy atom. The number of nitrogens with zero attached hydrogens (tertiary/aromatic N) is 1. The van der Waals surface area contributed by atoms with E-state index in [1.54, 1.807) is 18.2 Å². The van der Waals surface area contributed by atoms with Gasteiger partial charge in [-0.3, -0.25) is 4.79 Å².